The van der Waals surface area contributed by atoms with Gasteiger partial charge in [0, 0.05) is 12.4 Å². The van der Waals surface area contributed by atoms with Gasteiger partial charge in [-0.1, -0.05) is 11.6 Å². The van der Waals surface area contributed by atoms with Crippen LogP contribution in [-0.2, 0) is 0 Å². The lowest BCUT2D eigenvalue weighted by molar-refractivity contribution is 0.178. The monoisotopic (exact) mass is 163 g/mol. The number of nitrogens with zero attached hydrogens (tertiary/aromatic N) is 1. The Morgan fingerprint density at radius 3 is 3.00 bits per heavy atom. The van der Waals surface area contributed by atoms with Gasteiger partial charge >= 0.3 is 0 Å². The van der Waals surface area contributed by atoms with Crippen molar-refractivity contribution >= 4 is 0 Å². The van der Waals surface area contributed by atoms with Crippen LogP contribution in [0.15, 0.2) is 36.7 Å². The molecular formula is C10H13NO. The van der Waals surface area contributed by atoms with Gasteiger partial charge in [-0.25, -0.2) is 0 Å². The summed E-state index contributed by atoms with van der Waals surface area (Å²) in [6, 6.07) is 3.68. The normalized spacial score (nSPS) is 12.5. The topological polar surface area (TPSA) is 33.1 Å². The van der Waals surface area contributed by atoms with Crippen LogP contribution in [0.4, 0.5) is 0 Å². The Kier molecular flexibility index (Phi) is 3.00. The smallest absolute Gasteiger partial charge is 0.0841 e. The molecule has 1 N–H and O–H groups in total. The third-order valence-electron chi connectivity index (χ3n) is 1.61. The first-order chi connectivity index (χ1) is 5.70. The maximum atomic E-state index is 9.59. The van der Waals surface area contributed by atoms with Crippen molar-refractivity contribution in [3.63, 3.8) is 0 Å². The molecule has 1 rings (SSSR count). The quantitative estimate of drug-likeness (QED) is 0.692. The highest BCUT2D eigenvalue weighted by molar-refractivity contribution is 5.13. The van der Waals surface area contributed by atoms with E-state index in [9.17, 15) is 5.11 Å². The number of aliphatic hydroxyl groups is 1. The Balaban J connectivity index is 2.65. The SMILES string of the molecule is C=C(C)CC(O)c1cccnc1. The minimum absolute atomic E-state index is 0.462. The van der Waals surface area contributed by atoms with E-state index in [2.05, 4.69) is 11.6 Å². The summed E-state index contributed by atoms with van der Waals surface area (Å²) in [5, 5.41) is 9.59. The summed E-state index contributed by atoms with van der Waals surface area (Å²) >= 11 is 0. The number of aliphatic hydroxyl groups excluding tert-OH is 1. The Labute approximate surface area is 72.6 Å². The van der Waals surface area contributed by atoms with Crippen LogP contribution in [0, 0.1) is 0 Å². The first kappa shape index (κ1) is 8.94. The lowest BCUT2D eigenvalue weighted by Crippen LogP contribution is -1.97. The molecule has 0 saturated heterocycles. The van der Waals surface area contributed by atoms with Gasteiger partial charge < -0.3 is 5.11 Å². The van der Waals surface area contributed by atoms with Gasteiger partial charge in [0.1, 0.15) is 0 Å². The molecule has 0 aromatic carbocycles. The molecule has 0 aliphatic carbocycles. The lowest BCUT2D eigenvalue weighted by atomic mass is 10.1. The van der Waals surface area contributed by atoms with Crippen LogP contribution >= 0.6 is 0 Å². The summed E-state index contributed by atoms with van der Waals surface area (Å²) in [5.41, 5.74) is 1.83. The Hall–Kier alpha value is -1.15. The van der Waals surface area contributed by atoms with Crippen LogP contribution in [0.5, 0.6) is 0 Å². The van der Waals surface area contributed by atoms with Crippen molar-refractivity contribution in [1.29, 1.82) is 0 Å². The van der Waals surface area contributed by atoms with E-state index in [1.54, 1.807) is 12.4 Å². The fourth-order valence-electron chi connectivity index (χ4n) is 1.02. The van der Waals surface area contributed by atoms with Gasteiger partial charge in [0.05, 0.1) is 6.10 Å². The molecule has 0 aliphatic rings. The average Bonchev–Trinajstić information content (AvgIpc) is 2.05. The summed E-state index contributed by atoms with van der Waals surface area (Å²) in [5.74, 6) is 0. The molecule has 1 heterocycles. The minimum Gasteiger partial charge on any atom is -0.388 e. The van der Waals surface area contributed by atoms with Crippen molar-refractivity contribution in [3.8, 4) is 0 Å². The maximum absolute atomic E-state index is 9.59. The molecule has 1 unspecified atom stereocenters. The number of pyridine rings is 1. The summed E-state index contributed by atoms with van der Waals surface area (Å²) in [6.07, 6.45) is 3.51. The van der Waals surface area contributed by atoms with E-state index in [4.69, 9.17) is 0 Å². The number of hydrogen-bond acceptors (Lipinski definition) is 2. The highest BCUT2D eigenvalue weighted by Gasteiger charge is 2.06. The van der Waals surface area contributed by atoms with E-state index in [1.165, 1.54) is 0 Å². The predicted molar refractivity (Wildman–Crippen MR) is 48.6 cm³/mol. The molecule has 64 valence electrons. The molecule has 0 spiro atoms. The van der Waals surface area contributed by atoms with Crippen molar-refractivity contribution < 1.29 is 5.11 Å². The van der Waals surface area contributed by atoms with E-state index in [1.807, 2.05) is 19.1 Å². The van der Waals surface area contributed by atoms with E-state index >= 15 is 0 Å². The Bertz CT molecular complexity index is 256. The van der Waals surface area contributed by atoms with Crippen LogP contribution in [0.1, 0.15) is 25.0 Å². The molecule has 1 atom stereocenters. The average molecular weight is 163 g/mol. The van der Waals surface area contributed by atoms with Gasteiger partial charge in [-0.15, -0.1) is 6.58 Å². The molecule has 2 heteroatoms. The second kappa shape index (κ2) is 4.02. The first-order valence-electron chi connectivity index (χ1n) is 3.92. The fourth-order valence-corrected chi connectivity index (χ4v) is 1.02. The zero-order valence-electron chi connectivity index (χ0n) is 7.20. The Morgan fingerprint density at radius 1 is 1.75 bits per heavy atom. The summed E-state index contributed by atoms with van der Waals surface area (Å²) < 4.78 is 0. The lowest BCUT2D eigenvalue weighted by Gasteiger charge is -2.09. The van der Waals surface area contributed by atoms with Gasteiger partial charge in [-0.2, -0.15) is 0 Å². The van der Waals surface area contributed by atoms with Gasteiger partial charge in [0.2, 0.25) is 0 Å². The zero-order valence-corrected chi connectivity index (χ0v) is 7.20. The molecule has 12 heavy (non-hydrogen) atoms. The van der Waals surface area contributed by atoms with Crippen LogP contribution in [0.3, 0.4) is 0 Å². The highest BCUT2D eigenvalue weighted by Crippen LogP contribution is 2.18. The standard InChI is InChI=1S/C10H13NO/c1-8(2)6-10(12)9-4-3-5-11-7-9/h3-5,7,10,12H,1,6H2,2H3. The molecule has 0 amide bonds. The molecule has 0 aliphatic heterocycles. The molecule has 0 bridgehead atoms. The molecule has 2 nitrogen and oxygen atoms in total. The van der Waals surface area contributed by atoms with Crippen LogP contribution < -0.4 is 0 Å². The van der Waals surface area contributed by atoms with Gasteiger partial charge in [-0.05, 0) is 25.0 Å². The summed E-state index contributed by atoms with van der Waals surface area (Å²) in [6.45, 7) is 5.64. The zero-order chi connectivity index (χ0) is 8.97. The molecule has 0 saturated carbocycles. The first-order valence-corrected chi connectivity index (χ1v) is 3.92. The van der Waals surface area contributed by atoms with Crippen LogP contribution in [0.25, 0.3) is 0 Å². The largest absolute Gasteiger partial charge is 0.388 e. The number of hydrogen-bond donors (Lipinski definition) is 1. The van der Waals surface area contributed by atoms with Gasteiger partial charge in [-0.3, -0.25) is 4.98 Å². The predicted octanol–water partition coefficient (Wildman–Crippen LogP) is 2.08. The summed E-state index contributed by atoms with van der Waals surface area (Å²) in [7, 11) is 0. The fraction of sp³-hybridized carbons (Fsp3) is 0.300. The van der Waals surface area contributed by atoms with E-state index in [0.29, 0.717) is 6.42 Å². The molecular weight excluding hydrogens is 150 g/mol. The molecule has 0 fully saturated rings. The van der Waals surface area contributed by atoms with Crippen LogP contribution in [0.2, 0.25) is 0 Å². The molecule has 0 radical (unpaired) electrons. The van der Waals surface area contributed by atoms with E-state index in [-0.39, 0.29) is 0 Å². The van der Waals surface area contributed by atoms with Crippen molar-refractivity contribution in [3.05, 3.63) is 42.2 Å². The third-order valence-corrected chi connectivity index (χ3v) is 1.61. The van der Waals surface area contributed by atoms with Crippen molar-refractivity contribution in [2.24, 2.45) is 0 Å². The maximum Gasteiger partial charge on any atom is 0.0841 e. The van der Waals surface area contributed by atoms with Crippen molar-refractivity contribution in [1.82, 2.24) is 4.98 Å². The minimum atomic E-state index is -0.462. The van der Waals surface area contributed by atoms with Gasteiger partial charge in [0.25, 0.3) is 0 Å². The second-order valence-electron chi connectivity index (χ2n) is 2.96. The molecule has 1 aromatic heterocycles. The third kappa shape index (κ3) is 2.47. The van der Waals surface area contributed by atoms with E-state index < -0.39 is 6.10 Å². The Morgan fingerprint density at radius 2 is 2.50 bits per heavy atom. The second-order valence-corrected chi connectivity index (χ2v) is 2.96. The molecule has 1 aromatic rings. The summed E-state index contributed by atoms with van der Waals surface area (Å²) in [4.78, 5) is 3.92. The highest BCUT2D eigenvalue weighted by atomic mass is 16.3. The van der Waals surface area contributed by atoms with Gasteiger partial charge in [0.15, 0.2) is 0 Å². The van der Waals surface area contributed by atoms with Crippen LogP contribution in [-0.4, -0.2) is 10.1 Å². The van der Waals surface area contributed by atoms with Crippen molar-refractivity contribution in [2.45, 2.75) is 19.4 Å². The number of aromatic nitrogens is 1. The van der Waals surface area contributed by atoms with E-state index in [0.717, 1.165) is 11.1 Å². The van der Waals surface area contributed by atoms with Crippen molar-refractivity contribution in [2.75, 3.05) is 0 Å². The number of rotatable bonds is 3.